The number of hydrogen-bond acceptors (Lipinski definition) is 3. The van der Waals surface area contributed by atoms with Gasteiger partial charge in [0, 0.05) is 26.1 Å². The highest BCUT2D eigenvalue weighted by Crippen LogP contribution is 2.17. The molecule has 0 radical (unpaired) electrons. The van der Waals surface area contributed by atoms with Crippen molar-refractivity contribution in [3.63, 3.8) is 0 Å². The SMILES string of the molecule is CC(C)CN(CC/C(N)=N/O)Cc1ccc(Cl)c(F)c1. The van der Waals surface area contributed by atoms with Crippen molar-refractivity contribution in [2.24, 2.45) is 16.8 Å². The molecule has 0 atom stereocenters. The average Bonchev–Trinajstić information content (AvgIpc) is 2.39. The van der Waals surface area contributed by atoms with Crippen LogP contribution in [-0.2, 0) is 6.54 Å². The summed E-state index contributed by atoms with van der Waals surface area (Å²) in [5.74, 6) is 0.255. The average molecular weight is 302 g/mol. The molecule has 1 aromatic rings. The second-order valence-corrected chi connectivity index (χ2v) is 5.63. The van der Waals surface area contributed by atoms with Crippen LogP contribution in [0.3, 0.4) is 0 Å². The van der Waals surface area contributed by atoms with Crippen LogP contribution in [0.5, 0.6) is 0 Å². The Balaban J connectivity index is 2.70. The number of hydrogen-bond donors (Lipinski definition) is 2. The number of oxime groups is 1. The highest BCUT2D eigenvalue weighted by Gasteiger charge is 2.10. The Morgan fingerprint density at radius 3 is 2.75 bits per heavy atom. The van der Waals surface area contributed by atoms with Crippen LogP contribution in [0.4, 0.5) is 4.39 Å². The van der Waals surface area contributed by atoms with Crippen LogP contribution < -0.4 is 5.73 Å². The molecule has 1 aromatic carbocycles. The highest BCUT2D eigenvalue weighted by atomic mass is 35.5. The van der Waals surface area contributed by atoms with E-state index in [1.165, 1.54) is 6.07 Å². The van der Waals surface area contributed by atoms with E-state index in [2.05, 4.69) is 23.9 Å². The number of benzene rings is 1. The molecule has 0 fully saturated rings. The maximum atomic E-state index is 13.4. The summed E-state index contributed by atoms with van der Waals surface area (Å²) >= 11 is 5.67. The van der Waals surface area contributed by atoms with E-state index in [0.29, 0.717) is 25.4 Å². The number of nitrogens with zero attached hydrogens (tertiary/aromatic N) is 2. The summed E-state index contributed by atoms with van der Waals surface area (Å²) in [6, 6.07) is 4.81. The fourth-order valence-corrected chi connectivity index (χ4v) is 2.09. The van der Waals surface area contributed by atoms with Gasteiger partial charge >= 0.3 is 0 Å². The van der Waals surface area contributed by atoms with Gasteiger partial charge in [-0.1, -0.05) is 36.7 Å². The molecule has 0 aliphatic rings. The number of halogens is 2. The van der Waals surface area contributed by atoms with Crippen LogP contribution in [0.15, 0.2) is 23.4 Å². The molecule has 0 unspecified atom stereocenters. The normalized spacial score (nSPS) is 12.4. The smallest absolute Gasteiger partial charge is 0.142 e. The van der Waals surface area contributed by atoms with Gasteiger partial charge in [0.25, 0.3) is 0 Å². The van der Waals surface area contributed by atoms with Crippen LogP contribution in [-0.4, -0.2) is 29.0 Å². The predicted octanol–water partition coefficient (Wildman–Crippen LogP) is 3.07. The number of rotatable bonds is 7. The van der Waals surface area contributed by atoms with Gasteiger partial charge in [0.1, 0.15) is 11.7 Å². The van der Waals surface area contributed by atoms with Crippen molar-refractivity contribution in [1.29, 1.82) is 0 Å². The van der Waals surface area contributed by atoms with Gasteiger partial charge in [0.05, 0.1) is 5.02 Å². The summed E-state index contributed by atoms with van der Waals surface area (Å²) < 4.78 is 13.4. The summed E-state index contributed by atoms with van der Waals surface area (Å²) in [4.78, 5) is 2.14. The Kier molecular flexibility index (Phi) is 6.75. The molecule has 0 spiro atoms. The molecule has 20 heavy (non-hydrogen) atoms. The van der Waals surface area contributed by atoms with Crippen molar-refractivity contribution in [3.8, 4) is 0 Å². The minimum atomic E-state index is -0.412. The molecule has 0 heterocycles. The standard InChI is InChI=1S/C14H21ClFN3O/c1-10(2)8-19(6-5-14(17)18-20)9-11-3-4-12(15)13(16)7-11/h3-4,7,10,20H,5-6,8-9H2,1-2H3,(H2,17,18). The molecule has 0 aliphatic heterocycles. The van der Waals surface area contributed by atoms with Gasteiger partial charge < -0.3 is 10.9 Å². The molecule has 0 aliphatic carbocycles. The monoisotopic (exact) mass is 301 g/mol. The molecule has 0 amide bonds. The van der Waals surface area contributed by atoms with Crippen molar-refractivity contribution >= 4 is 17.4 Å². The molecule has 112 valence electrons. The lowest BCUT2D eigenvalue weighted by atomic mass is 10.1. The van der Waals surface area contributed by atoms with E-state index in [1.54, 1.807) is 6.07 Å². The lowest BCUT2D eigenvalue weighted by molar-refractivity contribution is 0.240. The van der Waals surface area contributed by atoms with Crippen molar-refractivity contribution < 1.29 is 9.60 Å². The van der Waals surface area contributed by atoms with Crippen LogP contribution in [0.25, 0.3) is 0 Å². The van der Waals surface area contributed by atoms with Gasteiger partial charge in [-0.15, -0.1) is 0 Å². The third-order valence-corrected chi connectivity index (χ3v) is 3.13. The van der Waals surface area contributed by atoms with E-state index in [1.807, 2.05) is 6.07 Å². The predicted molar refractivity (Wildman–Crippen MR) is 79.6 cm³/mol. The van der Waals surface area contributed by atoms with E-state index in [0.717, 1.165) is 12.1 Å². The molecule has 4 nitrogen and oxygen atoms in total. The summed E-state index contributed by atoms with van der Waals surface area (Å²) in [7, 11) is 0. The second-order valence-electron chi connectivity index (χ2n) is 5.22. The minimum Gasteiger partial charge on any atom is -0.409 e. The lowest BCUT2D eigenvalue weighted by Crippen LogP contribution is -2.31. The molecule has 0 aromatic heterocycles. The zero-order valence-electron chi connectivity index (χ0n) is 11.8. The zero-order valence-corrected chi connectivity index (χ0v) is 12.6. The maximum absolute atomic E-state index is 13.4. The zero-order chi connectivity index (χ0) is 15.1. The number of amidine groups is 1. The fourth-order valence-electron chi connectivity index (χ4n) is 1.97. The van der Waals surface area contributed by atoms with Gasteiger partial charge in [-0.05, 0) is 23.6 Å². The maximum Gasteiger partial charge on any atom is 0.142 e. The van der Waals surface area contributed by atoms with Gasteiger partial charge in [-0.25, -0.2) is 4.39 Å². The van der Waals surface area contributed by atoms with E-state index >= 15 is 0 Å². The van der Waals surface area contributed by atoms with Crippen molar-refractivity contribution in [1.82, 2.24) is 4.90 Å². The van der Waals surface area contributed by atoms with Gasteiger partial charge in [0.2, 0.25) is 0 Å². The van der Waals surface area contributed by atoms with Gasteiger partial charge in [0.15, 0.2) is 0 Å². The van der Waals surface area contributed by atoms with E-state index in [4.69, 9.17) is 22.5 Å². The molecule has 6 heteroatoms. The van der Waals surface area contributed by atoms with E-state index in [-0.39, 0.29) is 10.9 Å². The van der Waals surface area contributed by atoms with Crippen molar-refractivity contribution in [3.05, 3.63) is 34.6 Å². The topological polar surface area (TPSA) is 61.8 Å². The summed E-state index contributed by atoms with van der Waals surface area (Å²) in [6.07, 6.45) is 0.472. The molecular formula is C14H21ClFN3O. The van der Waals surface area contributed by atoms with E-state index < -0.39 is 5.82 Å². The van der Waals surface area contributed by atoms with Crippen molar-refractivity contribution in [2.75, 3.05) is 13.1 Å². The summed E-state index contributed by atoms with van der Waals surface area (Å²) in [6.45, 7) is 6.32. The highest BCUT2D eigenvalue weighted by molar-refractivity contribution is 6.30. The van der Waals surface area contributed by atoms with Crippen LogP contribution >= 0.6 is 11.6 Å². The van der Waals surface area contributed by atoms with E-state index in [9.17, 15) is 4.39 Å². The largest absolute Gasteiger partial charge is 0.409 e. The third kappa shape index (κ3) is 5.75. The molecule has 3 N–H and O–H groups in total. The Bertz CT molecular complexity index is 466. The summed E-state index contributed by atoms with van der Waals surface area (Å²) in [5, 5.41) is 11.7. The first kappa shape index (κ1) is 16.7. The van der Waals surface area contributed by atoms with Crippen molar-refractivity contribution in [2.45, 2.75) is 26.8 Å². The summed E-state index contributed by atoms with van der Waals surface area (Å²) in [5.41, 5.74) is 6.34. The number of nitrogens with two attached hydrogens (primary N) is 1. The first-order chi connectivity index (χ1) is 9.42. The quantitative estimate of drug-likeness (QED) is 0.352. The molecular weight excluding hydrogens is 281 g/mol. The minimum absolute atomic E-state index is 0.126. The third-order valence-electron chi connectivity index (χ3n) is 2.83. The molecule has 0 saturated heterocycles. The van der Waals surface area contributed by atoms with Gasteiger partial charge in [-0.2, -0.15) is 0 Å². The molecule has 1 rings (SSSR count). The van der Waals surface area contributed by atoms with Crippen LogP contribution in [0.2, 0.25) is 5.02 Å². The van der Waals surface area contributed by atoms with Gasteiger partial charge in [-0.3, -0.25) is 4.90 Å². The van der Waals surface area contributed by atoms with Crippen LogP contribution in [0.1, 0.15) is 25.8 Å². The Labute approximate surface area is 124 Å². The molecule has 0 saturated carbocycles. The lowest BCUT2D eigenvalue weighted by Gasteiger charge is -2.24. The first-order valence-electron chi connectivity index (χ1n) is 6.55. The van der Waals surface area contributed by atoms with Crippen LogP contribution in [0, 0.1) is 11.7 Å². The Morgan fingerprint density at radius 1 is 1.50 bits per heavy atom. The Hall–Kier alpha value is -1.33. The molecule has 0 bridgehead atoms. The fraction of sp³-hybridized carbons (Fsp3) is 0.500. The Morgan fingerprint density at radius 2 is 2.20 bits per heavy atom. The first-order valence-corrected chi connectivity index (χ1v) is 6.92. The second kappa shape index (κ2) is 8.07.